The summed E-state index contributed by atoms with van der Waals surface area (Å²) in [6, 6.07) is 12.6. The minimum Gasteiger partial charge on any atom is -0.483 e. The Morgan fingerprint density at radius 2 is 1.81 bits per heavy atom. The number of carbonyl (C=O) groups is 1. The largest absolute Gasteiger partial charge is 0.483 e. The summed E-state index contributed by atoms with van der Waals surface area (Å²) in [6.45, 7) is 10.1. The molecule has 0 saturated carbocycles. The monoisotopic (exact) mass is 366 g/mol. The minimum atomic E-state index is -0.0986. The number of ether oxygens (including phenoxy) is 1. The molecule has 27 heavy (non-hydrogen) atoms. The molecule has 0 radical (unpaired) electrons. The number of carbonyl (C=O) groups excluding carboxylic acids is 1. The first-order valence-corrected chi connectivity index (χ1v) is 9.79. The Bertz CT molecular complexity index is 795. The highest BCUT2D eigenvalue weighted by Crippen LogP contribution is 2.23. The summed E-state index contributed by atoms with van der Waals surface area (Å²) in [4.78, 5) is 14.7. The molecule has 1 amide bonds. The van der Waals surface area contributed by atoms with Gasteiger partial charge in [0.25, 0.3) is 5.91 Å². The van der Waals surface area contributed by atoms with Crippen LogP contribution in [0.1, 0.15) is 40.7 Å². The fourth-order valence-electron chi connectivity index (χ4n) is 3.58. The van der Waals surface area contributed by atoms with E-state index in [9.17, 15) is 4.79 Å². The highest BCUT2D eigenvalue weighted by molar-refractivity contribution is 5.77. The number of benzene rings is 2. The lowest BCUT2D eigenvalue weighted by molar-refractivity contribution is -0.123. The Hall–Kier alpha value is -2.33. The first-order valence-electron chi connectivity index (χ1n) is 9.79. The number of hydrogen-bond donors (Lipinski definition) is 1. The van der Waals surface area contributed by atoms with Gasteiger partial charge in [0.15, 0.2) is 6.61 Å². The number of rotatable bonds is 7. The van der Waals surface area contributed by atoms with Crippen molar-refractivity contribution in [3.8, 4) is 5.75 Å². The maximum absolute atomic E-state index is 12.2. The van der Waals surface area contributed by atoms with Crippen LogP contribution in [0.4, 0.5) is 0 Å². The predicted octanol–water partition coefficient (Wildman–Crippen LogP) is 3.90. The van der Waals surface area contributed by atoms with Gasteiger partial charge in [0, 0.05) is 13.1 Å². The van der Waals surface area contributed by atoms with E-state index in [2.05, 4.69) is 47.5 Å². The van der Waals surface area contributed by atoms with Gasteiger partial charge in [-0.25, -0.2) is 0 Å². The second-order valence-electron chi connectivity index (χ2n) is 7.57. The van der Waals surface area contributed by atoms with E-state index < -0.39 is 0 Å². The van der Waals surface area contributed by atoms with E-state index in [0.29, 0.717) is 6.54 Å². The zero-order valence-electron chi connectivity index (χ0n) is 16.7. The summed E-state index contributed by atoms with van der Waals surface area (Å²) < 4.78 is 5.74. The fraction of sp³-hybridized carbons (Fsp3) is 0.435. The van der Waals surface area contributed by atoms with Crippen LogP contribution in [0.3, 0.4) is 0 Å². The molecule has 2 aromatic rings. The van der Waals surface area contributed by atoms with Crippen LogP contribution in [0.2, 0.25) is 0 Å². The SMILES string of the molecule is Cc1cc(C)c(C)c(OCC(=O)NCc2cccc(CN3CCCC3)c2)c1. The van der Waals surface area contributed by atoms with Gasteiger partial charge in [-0.2, -0.15) is 0 Å². The first kappa shape index (κ1) is 19.4. The van der Waals surface area contributed by atoms with Gasteiger partial charge in [0.05, 0.1) is 0 Å². The van der Waals surface area contributed by atoms with Crippen LogP contribution in [0.5, 0.6) is 5.75 Å². The highest BCUT2D eigenvalue weighted by Gasteiger charge is 2.12. The minimum absolute atomic E-state index is 0.0389. The molecule has 0 bridgehead atoms. The average molecular weight is 367 g/mol. The van der Waals surface area contributed by atoms with Gasteiger partial charge in [-0.3, -0.25) is 9.69 Å². The summed E-state index contributed by atoms with van der Waals surface area (Å²) in [6.07, 6.45) is 2.60. The van der Waals surface area contributed by atoms with Crippen LogP contribution in [-0.4, -0.2) is 30.5 Å². The second kappa shape index (κ2) is 9.05. The lowest BCUT2D eigenvalue weighted by Gasteiger charge is -2.15. The number of aryl methyl sites for hydroxylation is 2. The third-order valence-electron chi connectivity index (χ3n) is 5.21. The molecule has 0 aromatic heterocycles. The van der Waals surface area contributed by atoms with Crippen molar-refractivity contribution >= 4 is 5.91 Å². The molecule has 0 unspecified atom stereocenters. The average Bonchev–Trinajstić information content (AvgIpc) is 3.15. The van der Waals surface area contributed by atoms with Crippen molar-refractivity contribution in [3.05, 3.63) is 64.2 Å². The van der Waals surface area contributed by atoms with E-state index in [1.54, 1.807) is 0 Å². The van der Waals surface area contributed by atoms with Gasteiger partial charge in [0.2, 0.25) is 0 Å². The van der Waals surface area contributed by atoms with Crippen LogP contribution in [0.25, 0.3) is 0 Å². The van der Waals surface area contributed by atoms with Crippen LogP contribution in [-0.2, 0) is 17.9 Å². The van der Waals surface area contributed by atoms with Crippen LogP contribution < -0.4 is 10.1 Å². The summed E-state index contributed by atoms with van der Waals surface area (Å²) in [7, 11) is 0. The molecule has 1 heterocycles. The van der Waals surface area contributed by atoms with Crippen molar-refractivity contribution in [2.24, 2.45) is 0 Å². The second-order valence-corrected chi connectivity index (χ2v) is 7.57. The molecular weight excluding hydrogens is 336 g/mol. The van der Waals surface area contributed by atoms with Crippen LogP contribution in [0, 0.1) is 20.8 Å². The maximum atomic E-state index is 12.2. The predicted molar refractivity (Wildman–Crippen MR) is 109 cm³/mol. The highest BCUT2D eigenvalue weighted by atomic mass is 16.5. The molecule has 1 aliphatic heterocycles. The van der Waals surface area contributed by atoms with Gasteiger partial charge in [0.1, 0.15) is 5.75 Å². The van der Waals surface area contributed by atoms with Gasteiger partial charge in [-0.15, -0.1) is 0 Å². The molecule has 1 N–H and O–H groups in total. The molecule has 0 atom stereocenters. The zero-order valence-corrected chi connectivity index (χ0v) is 16.7. The van der Waals surface area contributed by atoms with Crippen LogP contribution >= 0.6 is 0 Å². The molecular formula is C23H30N2O2. The third-order valence-corrected chi connectivity index (χ3v) is 5.21. The van der Waals surface area contributed by atoms with Gasteiger partial charge in [-0.1, -0.05) is 30.3 Å². The number of amides is 1. The lowest BCUT2D eigenvalue weighted by atomic mass is 10.1. The molecule has 3 rings (SSSR count). The molecule has 2 aromatic carbocycles. The molecule has 144 valence electrons. The molecule has 4 nitrogen and oxygen atoms in total. The molecule has 1 aliphatic rings. The van der Waals surface area contributed by atoms with Crippen molar-refractivity contribution in [1.82, 2.24) is 10.2 Å². The fourth-order valence-corrected chi connectivity index (χ4v) is 3.58. The van der Waals surface area contributed by atoms with Gasteiger partial charge in [-0.05, 0) is 80.6 Å². The quantitative estimate of drug-likeness (QED) is 0.808. The van der Waals surface area contributed by atoms with Crippen molar-refractivity contribution < 1.29 is 9.53 Å². The summed E-state index contributed by atoms with van der Waals surface area (Å²) >= 11 is 0. The van der Waals surface area contributed by atoms with E-state index in [0.717, 1.165) is 29.0 Å². The van der Waals surface area contributed by atoms with Crippen molar-refractivity contribution in [2.75, 3.05) is 19.7 Å². The molecule has 4 heteroatoms. The van der Waals surface area contributed by atoms with Crippen molar-refractivity contribution in [1.29, 1.82) is 0 Å². The topological polar surface area (TPSA) is 41.6 Å². The Balaban J connectivity index is 1.49. The number of hydrogen-bond acceptors (Lipinski definition) is 3. The van der Waals surface area contributed by atoms with Crippen molar-refractivity contribution in [2.45, 2.75) is 46.7 Å². The van der Waals surface area contributed by atoms with E-state index in [1.165, 1.54) is 37.1 Å². The Morgan fingerprint density at radius 3 is 2.59 bits per heavy atom. The molecule has 0 spiro atoms. The van der Waals surface area contributed by atoms with Gasteiger partial charge < -0.3 is 10.1 Å². The molecule has 0 aliphatic carbocycles. The Labute approximate surface area is 162 Å². The summed E-state index contributed by atoms with van der Waals surface area (Å²) in [5.74, 6) is 0.689. The lowest BCUT2D eigenvalue weighted by Crippen LogP contribution is -2.28. The Kier molecular flexibility index (Phi) is 6.51. The van der Waals surface area contributed by atoms with E-state index in [-0.39, 0.29) is 12.5 Å². The zero-order chi connectivity index (χ0) is 19.2. The summed E-state index contributed by atoms with van der Waals surface area (Å²) in [5.41, 5.74) is 5.85. The van der Waals surface area contributed by atoms with Crippen molar-refractivity contribution in [3.63, 3.8) is 0 Å². The molecule has 1 saturated heterocycles. The third kappa shape index (κ3) is 5.57. The maximum Gasteiger partial charge on any atom is 0.258 e. The Morgan fingerprint density at radius 1 is 1.07 bits per heavy atom. The molecule has 1 fully saturated rings. The van der Waals surface area contributed by atoms with E-state index in [1.807, 2.05) is 19.9 Å². The number of likely N-dealkylation sites (tertiary alicyclic amines) is 1. The first-order chi connectivity index (χ1) is 13.0. The van der Waals surface area contributed by atoms with Gasteiger partial charge >= 0.3 is 0 Å². The summed E-state index contributed by atoms with van der Waals surface area (Å²) in [5, 5.41) is 2.96. The van der Waals surface area contributed by atoms with Crippen LogP contribution in [0.15, 0.2) is 36.4 Å². The normalized spacial score (nSPS) is 14.3. The van der Waals surface area contributed by atoms with E-state index in [4.69, 9.17) is 4.74 Å². The standard InChI is InChI=1S/C23H30N2O2/c1-17-11-18(2)19(3)22(12-17)27-16-23(26)24-14-20-7-6-8-21(13-20)15-25-9-4-5-10-25/h6-8,11-13H,4-5,9-10,14-16H2,1-3H3,(H,24,26). The number of nitrogens with one attached hydrogen (secondary N) is 1. The number of nitrogens with zero attached hydrogens (tertiary/aromatic N) is 1. The smallest absolute Gasteiger partial charge is 0.258 e. The van der Waals surface area contributed by atoms with E-state index >= 15 is 0 Å².